The molecule has 0 unspecified atom stereocenters. The lowest BCUT2D eigenvalue weighted by Gasteiger charge is -2.11. The number of benzene rings is 2. The monoisotopic (exact) mass is 380 g/mol. The largest absolute Gasteiger partial charge is 0.507 e. The molecule has 0 radical (unpaired) electrons. The van der Waals surface area contributed by atoms with Gasteiger partial charge in [-0.15, -0.1) is 11.3 Å². The van der Waals surface area contributed by atoms with E-state index in [0.29, 0.717) is 32.3 Å². The van der Waals surface area contributed by atoms with Crippen molar-refractivity contribution in [1.82, 2.24) is 9.55 Å². The van der Waals surface area contributed by atoms with Gasteiger partial charge in [0, 0.05) is 5.56 Å². The van der Waals surface area contributed by atoms with Gasteiger partial charge in [0.15, 0.2) is 0 Å². The van der Waals surface area contributed by atoms with E-state index in [2.05, 4.69) is 4.98 Å². The van der Waals surface area contributed by atoms with E-state index in [-0.39, 0.29) is 11.3 Å². The standard InChI is InChI=1S/C20H13ClN2O2S/c21-14-6-2-3-7-16(14)23-18(10-9-13-5-1-4-8-17(13)24)22-15-11-12-26-19(15)20(23)25/h1-12,24H. The number of aromatic nitrogens is 2. The van der Waals surface area contributed by atoms with Gasteiger partial charge in [0.2, 0.25) is 0 Å². The molecule has 128 valence electrons. The third-order valence-electron chi connectivity index (χ3n) is 3.95. The van der Waals surface area contributed by atoms with E-state index in [9.17, 15) is 9.90 Å². The van der Waals surface area contributed by atoms with E-state index < -0.39 is 0 Å². The van der Waals surface area contributed by atoms with E-state index in [1.54, 1.807) is 42.5 Å². The maximum Gasteiger partial charge on any atom is 0.276 e. The summed E-state index contributed by atoms with van der Waals surface area (Å²) in [7, 11) is 0. The lowest BCUT2D eigenvalue weighted by Crippen LogP contribution is -2.21. The quantitative estimate of drug-likeness (QED) is 0.545. The number of phenolic OH excluding ortho intramolecular Hbond substituents is 1. The third-order valence-corrected chi connectivity index (χ3v) is 5.16. The molecular weight excluding hydrogens is 368 g/mol. The summed E-state index contributed by atoms with van der Waals surface area (Å²) in [6.07, 6.45) is 3.43. The highest BCUT2D eigenvalue weighted by molar-refractivity contribution is 7.17. The lowest BCUT2D eigenvalue weighted by atomic mass is 10.2. The van der Waals surface area contributed by atoms with Gasteiger partial charge in [-0.05, 0) is 41.8 Å². The maximum absolute atomic E-state index is 13.0. The normalized spacial score (nSPS) is 11.4. The molecule has 0 bridgehead atoms. The summed E-state index contributed by atoms with van der Waals surface area (Å²) in [6.45, 7) is 0. The Morgan fingerprint density at radius 2 is 1.81 bits per heavy atom. The number of hydrogen-bond donors (Lipinski definition) is 1. The Balaban J connectivity index is 1.96. The number of halogens is 1. The molecule has 0 fully saturated rings. The predicted octanol–water partition coefficient (Wildman–Crippen LogP) is 4.98. The first-order valence-corrected chi connectivity index (χ1v) is 9.12. The smallest absolute Gasteiger partial charge is 0.276 e. The van der Waals surface area contributed by atoms with Crippen LogP contribution in [-0.2, 0) is 0 Å². The van der Waals surface area contributed by atoms with Crippen molar-refractivity contribution < 1.29 is 5.11 Å². The molecule has 0 amide bonds. The zero-order chi connectivity index (χ0) is 18.1. The van der Waals surface area contributed by atoms with Gasteiger partial charge in [0.1, 0.15) is 16.3 Å². The SMILES string of the molecule is O=c1c2sccc2nc(C=Cc2ccccc2O)n1-c1ccccc1Cl. The van der Waals surface area contributed by atoms with Crippen LogP contribution in [0.5, 0.6) is 5.75 Å². The Bertz CT molecular complexity index is 1190. The number of nitrogens with zero attached hydrogens (tertiary/aromatic N) is 2. The molecule has 4 rings (SSSR count). The zero-order valence-corrected chi connectivity index (χ0v) is 15.0. The van der Waals surface area contributed by atoms with Crippen molar-refractivity contribution >= 4 is 45.3 Å². The van der Waals surface area contributed by atoms with Gasteiger partial charge in [0.05, 0.1) is 16.2 Å². The van der Waals surface area contributed by atoms with Crippen LogP contribution in [-0.4, -0.2) is 14.7 Å². The lowest BCUT2D eigenvalue weighted by molar-refractivity contribution is 0.474. The van der Waals surface area contributed by atoms with Crippen LogP contribution in [0.2, 0.25) is 5.02 Å². The molecule has 1 N–H and O–H groups in total. The molecule has 0 saturated carbocycles. The van der Waals surface area contributed by atoms with Crippen molar-refractivity contribution in [1.29, 1.82) is 0 Å². The molecule has 0 spiro atoms. The van der Waals surface area contributed by atoms with Crippen molar-refractivity contribution in [3.05, 3.63) is 86.7 Å². The molecule has 0 saturated heterocycles. The van der Waals surface area contributed by atoms with Crippen LogP contribution >= 0.6 is 22.9 Å². The number of phenols is 1. The summed E-state index contributed by atoms with van der Waals surface area (Å²) < 4.78 is 2.07. The molecule has 6 heteroatoms. The molecule has 0 aliphatic carbocycles. The van der Waals surface area contributed by atoms with Crippen molar-refractivity contribution in [2.45, 2.75) is 0 Å². The second-order valence-corrected chi connectivity index (χ2v) is 6.91. The predicted molar refractivity (Wildman–Crippen MR) is 107 cm³/mol. The Morgan fingerprint density at radius 3 is 2.62 bits per heavy atom. The third kappa shape index (κ3) is 2.92. The zero-order valence-electron chi connectivity index (χ0n) is 13.5. The summed E-state index contributed by atoms with van der Waals surface area (Å²) >= 11 is 7.67. The van der Waals surface area contributed by atoms with Crippen LogP contribution in [0.3, 0.4) is 0 Å². The summed E-state index contributed by atoms with van der Waals surface area (Å²) in [5.74, 6) is 0.601. The number of aromatic hydroxyl groups is 1. The van der Waals surface area contributed by atoms with Gasteiger partial charge >= 0.3 is 0 Å². The molecule has 4 nitrogen and oxygen atoms in total. The summed E-state index contributed by atoms with van der Waals surface area (Å²) in [5, 5.41) is 12.3. The van der Waals surface area contributed by atoms with Crippen LogP contribution in [0.1, 0.15) is 11.4 Å². The average Bonchev–Trinajstić information content (AvgIpc) is 3.11. The topological polar surface area (TPSA) is 55.1 Å². The van der Waals surface area contributed by atoms with E-state index in [1.807, 2.05) is 29.6 Å². The first kappa shape index (κ1) is 16.6. The highest BCUT2D eigenvalue weighted by atomic mass is 35.5. The Labute approximate surface area is 158 Å². The number of rotatable bonds is 3. The average molecular weight is 381 g/mol. The van der Waals surface area contributed by atoms with Gasteiger partial charge in [-0.3, -0.25) is 9.36 Å². The fourth-order valence-corrected chi connectivity index (χ4v) is 3.68. The highest BCUT2D eigenvalue weighted by Gasteiger charge is 2.14. The van der Waals surface area contributed by atoms with Gasteiger partial charge in [-0.25, -0.2) is 4.98 Å². The molecule has 2 aromatic carbocycles. The molecule has 0 aliphatic rings. The molecule has 2 aromatic heterocycles. The van der Waals surface area contributed by atoms with Crippen molar-refractivity contribution in [3.63, 3.8) is 0 Å². The van der Waals surface area contributed by atoms with Crippen LogP contribution in [0, 0.1) is 0 Å². The summed E-state index contributed by atoms with van der Waals surface area (Å²) in [6, 6.07) is 15.9. The van der Waals surface area contributed by atoms with Gasteiger partial charge < -0.3 is 5.11 Å². The van der Waals surface area contributed by atoms with Gasteiger partial charge in [-0.2, -0.15) is 0 Å². The van der Waals surface area contributed by atoms with E-state index in [4.69, 9.17) is 11.6 Å². The fourth-order valence-electron chi connectivity index (χ4n) is 2.70. The first-order valence-electron chi connectivity index (χ1n) is 7.86. The highest BCUT2D eigenvalue weighted by Crippen LogP contribution is 2.24. The molecule has 2 heterocycles. The molecule has 0 atom stereocenters. The van der Waals surface area contributed by atoms with Crippen molar-refractivity contribution in [3.8, 4) is 11.4 Å². The number of para-hydroxylation sites is 2. The fraction of sp³-hybridized carbons (Fsp3) is 0. The van der Waals surface area contributed by atoms with Gasteiger partial charge in [-0.1, -0.05) is 41.9 Å². The first-order chi connectivity index (χ1) is 12.6. The molecule has 0 aliphatic heterocycles. The Morgan fingerprint density at radius 1 is 1.04 bits per heavy atom. The minimum atomic E-state index is -0.171. The second kappa shape index (κ2) is 6.78. The van der Waals surface area contributed by atoms with Gasteiger partial charge in [0.25, 0.3) is 5.56 Å². The minimum Gasteiger partial charge on any atom is -0.507 e. The number of fused-ring (bicyclic) bond motifs is 1. The maximum atomic E-state index is 13.0. The van der Waals surface area contributed by atoms with E-state index >= 15 is 0 Å². The Hall–Kier alpha value is -2.89. The second-order valence-electron chi connectivity index (χ2n) is 5.59. The number of hydrogen-bond acceptors (Lipinski definition) is 4. The van der Waals surface area contributed by atoms with Crippen LogP contribution in [0.15, 0.2) is 64.8 Å². The van der Waals surface area contributed by atoms with Crippen LogP contribution in [0.4, 0.5) is 0 Å². The number of thiophene rings is 1. The van der Waals surface area contributed by atoms with Crippen LogP contribution < -0.4 is 5.56 Å². The molecule has 4 aromatic rings. The summed E-state index contributed by atoms with van der Waals surface area (Å²) in [5.41, 5.74) is 1.67. The van der Waals surface area contributed by atoms with E-state index in [1.165, 1.54) is 15.9 Å². The summed E-state index contributed by atoms with van der Waals surface area (Å²) in [4.78, 5) is 17.6. The van der Waals surface area contributed by atoms with E-state index in [0.717, 1.165) is 0 Å². The minimum absolute atomic E-state index is 0.159. The molecule has 26 heavy (non-hydrogen) atoms. The van der Waals surface area contributed by atoms with Crippen molar-refractivity contribution in [2.75, 3.05) is 0 Å². The molecular formula is C20H13ClN2O2S. The van der Waals surface area contributed by atoms with Crippen molar-refractivity contribution in [2.24, 2.45) is 0 Å². The Kier molecular flexibility index (Phi) is 4.32. The van der Waals surface area contributed by atoms with Crippen LogP contribution in [0.25, 0.3) is 28.1 Å².